The second-order valence-corrected chi connectivity index (χ2v) is 12.7. The van der Waals surface area contributed by atoms with Crippen LogP contribution in [-0.2, 0) is 37.9 Å². The number of hydrogen-bond donors (Lipinski definition) is 9. The van der Waals surface area contributed by atoms with Gasteiger partial charge in [-0.05, 0) is 59.9 Å². The second kappa shape index (κ2) is 18.0. The van der Waals surface area contributed by atoms with E-state index in [9.17, 15) is 40.9 Å². The van der Waals surface area contributed by atoms with Crippen LogP contribution in [0.4, 0.5) is 0 Å². The van der Waals surface area contributed by atoms with Crippen molar-refractivity contribution in [2.45, 2.75) is 158 Å². The van der Waals surface area contributed by atoms with Gasteiger partial charge >= 0.3 is 5.97 Å². The zero-order valence-corrected chi connectivity index (χ0v) is 27.9. The monoisotopic (exact) mass is 687 g/mol. The van der Waals surface area contributed by atoms with Crippen LogP contribution in [0.5, 0.6) is 0 Å². The molecule has 3 fully saturated rings. The van der Waals surface area contributed by atoms with E-state index < -0.39 is 111 Å². The predicted octanol–water partition coefficient (Wildman–Crippen LogP) is -2.81. The van der Waals surface area contributed by atoms with Crippen molar-refractivity contribution in [2.24, 2.45) is 5.73 Å². The molecule has 0 amide bonds. The van der Waals surface area contributed by atoms with Gasteiger partial charge in [0.2, 0.25) is 0 Å². The van der Waals surface area contributed by atoms with E-state index >= 15 is 0 Å². The molecule has 0 aromatic carbocycles. The Morgan fingerprint density at radius 2 is 1.45 bits per heavy atom. The quantitative estimate of drug-likeness (QED) is 0.0520. The van der Waals surface area contributed by atoms with Crippen molar-refractivity contribution in [3.63, 3.8) is 0 Å². The molecule has 17 nitrogen and oxygen atoms in total. The lowest BCUT2D eigenvalue weighted by molar-refractivity contribution is -0.402. The van der Waals surface area contributed by atoms with Gasteiger partial charge in [0, 0.05) is 13.2 Å². The average Bonchev–Trinajstić information content (AvgIpc) is 3.26. The minimum atomic E-state index is -2.69. The van der Waals surface area contributed by atoms with Crippen molar-refractivity contribution in [3.05, 3.63) is 0 Å². The highest BCUT2D eigenvalue weighted by molar-refractivity contribution is 5.02. The van der Waals surface area contributed by atoms with Crippen LogP contribution >= 0.6 is 0 Å². The normalized spacial score (nSPS) is 42.6. The van der Waals surface area contributed by atoms with Crippen molar-refractivity contribution in [1.29, 1.82) is 0 Å². The van der Waals surface area contributed by atoms with Gasteiger partial charge in [0.1, 0.15) is 61.0 Å². The Bertz CT molecular complexity index is 921. The first kappa shape index (κ1) is 40.7. The van der Waals surface area contributed by atoms with Crippen LogP contribution in [-0.4, -0.2) is 171 Å². The van der Waals surface area contributed by atoms with E-state index in [-0.39, 0.29) is 6.61 Å². The Labute approximate surface area is 275 Å². The maximum absolute atomic E-state index is 11.3. The Hall–Kier alpha value is -0.680. The summed E-state index contributed by atoms with van der Waals surface area (Å²) in [6, 6.07) is 0. The van der Waals surface area contributed by atoms with Crippen LogP contribution in [0.25, 0.3) is 0 Å². The summed E-state index contributed by atoms with van der Waals surface area (Å²) in [7, 11) is 0. The number of unbranched alkanes of at least 4 members (excludes halogenated alkanes) is 2. The van der Waals surface area contributed by atoms with Crippen LogP contribution in [0.1, 0.15) is 60.3 Å². The van der Waals surface area contributed by atoms with Crippen molar-refractivity contribution in [2.75, 3.05) is 33.0 Å². The van der Waals surface area contributed by atoms with Crippen molar-refractivity contribution < 1.29 is 78.7 Å². The zero-order chi connectivity index (χ0) is 35.1. The lowest BCUT2D eigenvalue weighted by Crippen LogP contribution is -2.66. The van der Waals surface area contributed by atoms with Gasteiger partial charge in [0.15, 0.2) is 18.7 Å². The van der Waals surface area contributed by atoms with Crippen LogP contribution in [0.2, 0.25) is 0 Å². The van der Waals surface area contributed by atoms with E-state index in [0.717, 1.165) is 12.8 Å². The van der Waals surface area contributed by atoms with Crippen molar-refractivity contribution >= 4 is 0 Å². The first-order valence-corrected chi connectivity index (χ1v) is 16.5. The fraction of sp³-hybridized carbons (Fsp3) is 1.00. The van der Waals surface area contributed by atoms with Gasteiger partial charge in [-0.25, -0.2) is 0 Å². The molecule has 278 valence electrons. The molecule has 10 N–H and O–H groups in total. The molecule has 3 aliphatic rings. The fourth-order valence-corrected chi connectivity index (χ4v) is 6.03. The van der Waals surface area contributed by atoms with E-state index in [1.54, 1.807) is 20.8 Å². The molecular weight excluding hydrogens is 630 g/mol. The van der Waals surface area contributed by atoms with Gasteiger partial charge < -0.3 is 79.7 Å². The van der Waals surface area contributed by atoms with Gasteiger partial charge in [-0.2, -0.15) is 0 Å². The summed E-state index contributed by atoms with van der Waals surface area (Å²) in [6.07, 6.45) is -17.6. The van der Waals surface area contributed by atoms with E-state index in [1.165, 1.54) is 6.92 Å². The maximum Gasteiger partial charge on any atom is 0.313 e. The van der Waals surface area contributed by atoms with Gasteiger partial charge in [-0.15, -0.1) is 0 Å². The first-order valence-electron chi connectivity index (χ1n) is 16.5. The third-order valence-electron chi connectivity index (χ3n) is 8.87. The van der Waals surface area contributed by atoms with Gasteiger partial charge in [-0.3, -0.25) is 4.74 Å². The summed E-state index contributed by atoms with van der Waals surface area (Å²) in [5.74, 6) is -2.69. The molecule has 0 saturated carbocycles. The molecule has 3 aliphatic heterocycles. The number of rotatable bonds is 18. The van der Waals surface area contributed by atoms with Crippen LogP contribution in [0.15, 0.2) is 0 Å². The molecule has 0 aromatic rings. The van der Waals surface area contributed by atoms with Crippen LogP contribution in [0.3, 0.4) is 0 Å². The summed E-state index contributed by atoms with van der Waals surface area (Å²) in [4.78, 5) is 0. The molecule has 47 heavy (non-hydrogen) atoms. The lowest BCUT2D eigenvalue weighted by atomic mass is 9.84. The third kappa shape index (κ3) is 9.36. The Morgan fingerprint density at radius 1 is 0.809 bits per heavy atom. The van der Waals surface area contributed by atoms with Crippen LogP contribution < -0.4 is 5.73 Å². The molecule has 0 spiro atoms. The summed E-state index contributed by atoms with van der Waals surface area (Å²) < 4.78 is 46.6. The maximum atomic E-state index is 11.3. The molecule has 0 aromatic heterocycles. The molecule has 17 heteroatoms. The van der Waals surface area contributed by atoms with Crippen molar-refractivity contribution in [1.82, 2.24) is 0 Å². The third-order valence-corrected chi connectivity index (χ3v) is 8.87. The molecule has 3 saturated heterocycles. The minimum Gasteiger partial charge on any atom is -0.394 e. The molecule has 8 unspecified atom stereocenters. The second-order valence-electron chi connectivity index (χ2n) is 12.7. The molecule has 15 atom stereocenters. The van der Waals surface area contributed by atoms with Crippen molar-refractivity contribution in [3.8, 4) is 0 Å². The highest BCUT2D eigenvalue weighted by atomic mass is 16.9. The SMILES string of the molecule is CCO[C@@]1(O)O[C@H](OC2C(O)[C@H](O)[C@@H](CO)O[C@@H]2C(C)(CC)OCCCCCN)C(O[C@@H]2OC(CO)[C@@H](O)C(OC(C)C)C2O)C1O. The number of aliphatic hydroxyl groups excluding tert-OH is 7. The van der Waals surface area contributed by atoms with Gasteiger partial charge in [0.05, 0.1) is 24.9 Å². The summed E-state index contributed by atoms with van der Waals surface area (Å²) in [5, 5.41) is 86.0. The molecule has 3 rings (SSSR count). The van der Waals surface area contributed by atoms with E-state index in [0.29, 0.717) is 26.0 Å². The number of nitrogens with two attached hydrogens (primary N) is 1. The predicted molar refractivity (Wildman–Crippen MR) is 160 cm³/mol. The highest BCUT2D eigenvalue weighted by Crippen LogP contribution is 2.40. The summed E-state index contributed by atoms with van der Waals surface area (Å²) in [5.41, 5.74) is 4.46. The smallest absolute Gasteiger partial charge is 0.313 e. The molecular formula is C30H57NO16. The standard InChI is InChI=1S/C30H57NO16/c1-6-29(5,41-12-10-8-9-11-31)26-23(20(36)18(34)16(13-32)43-26)45-28-24(25(38)30(39,47-28)40-7-2)46-27-21(37)22(42-15(3)4)19(35)17(14-33)44-27/h15-28,32-39H,6-14,31H2,1-5H3/t16-,17?,18-,19-,20?,21?,22?,23?,24?,25?,26+,27+,28+,29?,30-/m1/s1. The topological polar surface area (TPSA) is 262 Å². The molecule has 0 bridgehead atoms. The zero-order valence-electron chi connectivity index (χ0n) is 27.9. The number of ether oxygens (including phenoxy) is 8. The fourth-order valence-electron chi connectivity index (χ4n) is 6.03. The first-order chi connectivity index (χ1) is 22.2. The largest absolute Gasteiger partial charge is 0.394 e. The van der Waals surface area contributed by atoms with E-state index in [4.69, 9.17) is 43.6 Å². The molecule has 0 radical (unpaired) electrons. The summed E-state index contributed by atoms with van der Waals surface area (Å²) in [6.45, 7) is 7.87. The van der Waals surface area contributed by atoms with E-state index in [2.05, 4.69) is 0 Å². The minimum absolute atomic E-state index is 0.126. The lowest BCUT2D eigenvalue weighted by Gasteiger charge is -2.49. The Morgan fingerprint density at radius 3 is 2.02 bits per heavy atom. The van der Waals surface area contributed by atoms with Crippen LogP contribution in [0, 0.1) is 0 Å². The number of aliphatic hydroxyl groups is 8. The Balaban J connectivity index is 1.94. The molecule has 0 aliphatic carbocycles. The Kier molecular flexibility index (Phi) is 15.6. The molecule has 3 heterocycles. The van der Waals surface area contributed by atoms with E-state index in [1.807, 2.05) is 6.92 Å². The number of hydrogen-bond acceptors (Lipinski definition) is 17. The average molecular weight is 688 g/mol. The van der Waals surface area contributed by atoms with Gasteiger partial charge in [-0.1, -0.05) is 6.92 Å². The highest BCUT2D eigenvalue weighted by Gasteiger charge is 2.61. The van der Waals surface area contributed by atoms with Gasteiger partial charge in [0.25, 0.3) is 0 Å². The summed E-state index contributed by atoms with van der Waals surface area (Å²) >= 11 is 0.